The Kier molecular flexibility index (Phi) is 7.47. The van der Waals surface area contributed by atoms with Crippen LogP contribution < -0.4 is 16.9 Å². The number of rotatable bonds is 10. The lowest BCUT2D eigenvalue weighted by Gasteiger charge is -2.49. The quantitative estimate of drug-likeness (QED) is 0.0703. The number of thiazole rings is 1. The first kappa shape index (κ1) is 27.1. The van der Waals surface area contributed by atoms with Gasteiger partial charge in [0.05, 0.1) is 0 Å². The molecule has 0 saturated carbocycles. The number of oxime groups is 1. The zero-order valence-corrected chi connectivity index (χ0v) is 22.0. The molecule has 2 aromatic heterocycles. The van der Waals surface area contributed by atoms with Crippen LogP contribution >= 0.6 is 34.9 Å². The van der Waals surface area contributed by atoms with E-state index in [0.29, 0.717) is 5.57 Å². The van der Waals surface area contributed by atoms with Gasteiger partial charge < -0.3 is 31.9 Å². The van der Waals surface area contributed by atoms with E-state index in [1.807, 2.05) is 0 Å². The number of anilines is 1. The predicted molar refractivity (Wildman–Crippen MR) is 134 cm³/mol. The second kappa shape index (κ2) is 10.5. The average Bonchev–Trinajstić information content (AvgIpc) is 3.47. The number of carboxylic acids is 2. The van der Waals surface area contributed by atoms with E-state index in [1.165, 1.54) is 31.0 Å². The zero-order valence-electron chi connectivity index (χ0n) is 19.6. The molecule has 2 aliphatic heterocycles. The summed E-state index contributed by atoms with van der Waals surface area (Å²) in [6.45, 7) is 2.47. The maximum absolute atomic E-state index is 13.1. The molecule has 7 N–H and O–H groups in total. The predicted octanol–water partition coefficient (Wildman–Crippen LogP) is -1.46. The third kappa shape index (κ3) is 5.22. The average molecular weight is 585 g/mol. The lowest BCUT2D eigenvalue weighted by molar-refractivity contribution is -0.161. The first-order valence-electron chi connectivity index (χ1n) is 10.5. The molecule has 0 aliphatic carbocycles. The molecule has 1 fully saturated rings. The van der Waals surface area contributed by atoms with Crippen molar-refractivity contribution in [2.24, 2.45) is 5.16 Å². The molecule has 0 spiro atoms. The Labute approximate surface area is 225 Å². The van der Waals surface area contributed by atoms with Crippen LogP contribution in [0, 0.1) is 0 Å². The molecule has 0 aromatic carbocycles. The van der Waals surface area contributed by atoms with Crippen LogP contribution in [0.3, 0.4) is 0 Å². The van der Waals surface area contributed by atoms with Crippen LogP contribution in [0.5, 0.6) is 0 Å². The number of carbonyl (C=O) groups is 4. The number of tetrazole rings is 1. The number of aliphatic carboxylic acids is 2. The van der Waals surface area contributed by atoms with Crippen molar-refractivity contribution in [3.63, 3.8) is 0 Å². The molecule has 38 heavy (non-hydrogen) atoms. The number of carbonyl (C=O) groups excluding carboxylic acids is 2. The number of nitrogens with one attached hydrogen (secondary N) is 1. The molecule has 2 aliphatic rings. The van der Waals surface area contributed by atoms with E-state index < -0.39 is 46.5 Å². The molecule has 2 amide bonds. The van der Waals surface area contributed by atoms with Gasteiger partial charge in [0, 0.05) is 16.9 Å². The highest BCUT2D eigenvalue weighted by molar-refractivity contribution is 8.01. The van der Waals surface area contributed by atoms with Gasteiger partial charge >= 0.3 is 11.9 Å². The Morgan fingerprint density at radius 1 is 1.37 bits per heavy atom. The summed E-state index contributed by atoms with van der Waals surface area (Å²) in [4.78, 5) is 60.7. The number of nitrogens with two attached hydrogens (primary N) is 2. The fourth-order valence-corrected chi connectivity index (χ4v) is 6.06. The second-order valence-corrected chi connectivity index (χ2v) is 11.2. The van der Waals surface area contributed by atoms with Crippen molar-refractivity contribution in [3.05, 3.63) is 22.3 Å². The number of nitrogens with zero attached hydrogens (tertiary/aromatic N) is 7. The third-order valence-corrected chi connectivity index (χ3v) is 8.27. The van der Waals surface area contributed by atoms with Crippen molar-refractivity contribution in [1.29, 1.82) is 0 Å². The Morgan fingerprint density at radius 3 is 2.68 bits per heavy atom. The van der Waals surface area contributed by atoms with Gasteiger partial charge in [-0.25, -0.2) is 14.6 Å². The first-order chi connectivity index (χ1) is 17.9. The van der Waals surface area contributed by atoms with Crippen LogP contribution in [-0.4, -0.2) is 98.4 Å². The van der Waals surface area contributed by atoms with Gasteiger partial charge in [-0.05, 0) is 29.8 Å². The molecule has 20 heteroatoms. The van der Waals surface area contributed by atoms with Crippen molar-refractivity contribution < 1.29 is 34.2 Å². The summed E-state index contributed by atoms with van der Waals surface area (Å²) in [5, 5.41) is 37.1. The topological polar surface area (TPSA) is 254 Å². The van der Waals surface area contributed by atoms with Gasteiger partial charge in [-0.1, -0.05) is 22.0 Å². The molecule has 4 rings (SSSR count). The normalized spacial score (nSPS) is 19.6. The van der Waals surface area contributed by atoms with Crippen molar-refractivity contribution >= 4 is 69.5 Å². The molecular weight excluding hydrogens is 564 g/mol. The summed E-state index contributed by atoms with van der Waals surface area (Å²) < 4.78 is 0. The largest absolute Gasteiger partial charge is 0.478 e. The fraction of sp³-hybridized carbons (Fsp3) is 0.389. The van der Waals surface area contributed by atoms with Gasteiger partial charge in [0.15, 0.2) is 10.8 Å². The number of aromatic nitrogens is 5. The smallest absolute Gasteiger partial charge is 0.352 e. The van der Waals surface area contributed by atoms with Crippen LogP contribution in [0.25, 0.3) is 0 Å². The summed E-state index contributed by atoms with van der Waals surface area (Å²) >= 11 is 3.38. The molecule has 2 atom stereocenters. The standard InChI is InChI=1S/C18H20N10O7S3/c1-18(2,15(33)34)35-24-8(7-5-37-16(19)21-7)11(29)22-9-12(30)27-10(14(31)32)6(3-36-13(9)27)4-38-17-23-25-26-28(17)20/h5,9,13H,3-4,20H2,1-2H3,(H2,19,21)(H,22,29)(H,31,32)(H,33,34)/b24-8-/t9-,13+/m1/s1. The van der Waals surface area contributed by atoms with Gasteiger partial charge in [-0.2, -0.15) is 0 Å². The van der Waals surface area contributed by atoms with Crippen LogP contribution in [0.1, 0.15) is 19.5 Å². The van der Waals surface area contributed by atoms with Crippen LogP contribution in [0.15, 0.2) is 27.0 Å². The van der Waals surface area contributed by atoms with E-state index >= 15 is 0 Å². The summed E-state index contributed by atoms with van der Waals surface area (Å²) in [7, 11) is 0. The number of nitrogen functional groups attached to an aromatic ring is 2. The van der Waals surface area contributed by atoms with Crippen LogP contribution in [0.2, 0.25) is 0 Å². The van der Waals surface area contributed by atoms with Gasteiger partial charge in [-0.3, -0.25) is 14.5 Å². The third-order valence-electron chi connectivity index (χ3n) is 5.23. The molecular formula is C18H20N10O7S3. The SMILES string of the molecule is CC(C)(O/N=C(\C(=O)N[C@@H]1C(=O)N2C(C(=O)O)=C(CSc3nnnn3N)CS[C@@H]12)c1csc(N)n1)C(=O)O. The maximum Gasteiger partial charge on any atom is 0.352 e. The molecule has 0 radical (unpaired) electrons. The molecule has 0 bridgehead atoms. The summed E-state index contributed by atoms with van der Waals surface area (Å²) in [6.07, 6.45) is 0. The van der Waals surface area contributed by atoms with Crippen molar-refractivity contribution in [2.45, 2.75) is 36.0 Å². The van der Waals surface area contributed by atoms with E-state index in [0.717, 1.165) is 32.8 Å². The van der Waals surface area contributed by atoms with Gasteiger partial charge in [0.2, 0.25) is 10.8 Å². The number of fused-ring (bicyclic) bond motifs is 1. The van der Waals surface area contributed by atoms with Crippen LogP contribution in [0.4, 0.5) is 5.13 Å². The summed E-state index contributed by atoms with van der Waals surface area (Å²) in [6, 6.07) is -1.08. The van der Waals surface area contributed by atoms with Gasteiger partial charge in [-0.15, -0.1) is 27.9 Å². The zero-order chi connectivity index (χ0) is 27.8. The molecule has 4 heterocycles. The van der Waals surface area contributed by atoms with Crippen molar-refractivity contribution in [3.8, 4) is 0 Å². The number of β-lactam (4-membered cyclic amide) rings is 1. The van der Waals surface area contributed by atoms with Crippen molar-refractivity contribution in [2.75, 3.05) is 23.1 Å². The Hall–Kier alpha value is -3.91. The number of hydrogen-bond donors (Lipinski definition) is 5. The number of carboxylic acid groups (broad SMARTS) is 2. The maximum atomic E-state index is 13.1. The number of hydrogen-bond acceptors (Lipinski definition) is 15. The van der Waals surface area contributed by atoms with E-state index in [1.54, 1.807) is 0 Å². The Bertz CT molecular complexity index is 1370. The highest BCUT2D eigenvalue weighted by Crippen LogP contribution is 2.41. The molecule has 17 nitrogen and oxygen atoms in total. The monoisotopic (exact) mass is 584 g/mol. The summed E-state index contributed by atoms with van der Waals surface area (Å²) in [5.41, 5.74) is 3.76. The molecule has 202 valence electrons. The molecule has 0 unspecified atom stereocenters. The lowest BCUT2D eigenvalue weighted by atomic mass is 10.0. The Morgan fingerprint density at radius 2 is 2.11 bits per heavy atom. The van der Waals surface area contributed by atoms with E-state index in [2.05, 4.69) is 31.0 Å². The van der Waals surface area contributed by atoms with E-state index in [4.69, 9.17) is 16.4 Å². The van der Waals surface area contributed by atoms with Crippen LogP contribution in [-0.2, 0) is 24.0 Å². The molecule has 1 saturated heterocycles. The highest BCUT2D eigenvalue weighted by Gasteiger charge is 2.54. The molecule has 2 aromatic rings. The second-order valence-electron chi connectivity index (χ2n) is 8.23. The Balaban J connectivity index is 1.52. The van der Waals surface area contributed by atoms with Gasteiger partial charge in [0.1, 0.15) is 22.8 Å². The minimum Gasteiger partial charge on any atom is -0.478 e. The van der Waals surface area contributed by atoms with Gasteiger partial charge in [0.25, 0.3) is 11.8 Å². The summed E-state index contributed by atoms with van der Waals surface area (Å²) in [5.74, 6) is 1.84. The first-order valence-corrected chi connectivity index (χ1v) is 13.4. The lowest BCUT2D eigenvalue weighted by Crippen LogP contribution is -2.71. The highest BCUT2D eigenvalue weighted by atomic mass is 32.2. The minimum atomic E-state index is -1.77. The number of thioether (sulfide) groups is 2. The van der Waals surface area contributed by atoms with E-state index in [-0.39, 0.29) is 33.2 Å². The van der Waals surface area contributed by atoms with E-state index in [9.17, 15) is 29.4 Å². The fourth-order valence-electron chi connectivity index (χ4n) is 3.24. The minimum absolute atomic E-state index is 0.0128. The number of amides is 2. The van der Waals surface area contributed by atoms with Crippen molar-refractivity contribution in [1.82, 2.24) is 35.5 Å².